The molecule has 0 aliphatic carbocycles. The molecule has 0 aromatic carbocycles. The van der Waals surface area contributed by atoms with Crippen molar-refractivity contribution in [2.45, 2.75) is 22.9 Å². The van der Waals surface area contributed by atoms with Gasteiger partial charge in [-0.1, -0.05) is 0 Å². The quantitative estimate of drug-likeness (QED) is 0.520. The lowest BCUT2D eigenvalue weighted by atomic mass is 10.2. The standard InChI is InChI=1S/C4HCl2F7/c5-1(3(6,9)10)2(7,8)4(11,12)13/h1H. The molecule has 0 aromatic heterocycles. The van der Waals surface area contributed by atoms with Gasteiger partial charge in [-0.2, -0.15) is 30.7 Å². The molecule has 0 nitrogen and oxygen atoms in total. The Morgan fingerprint density at radius 3 is 1.23 bits per heavy atom. The van der Waals surface area contributed by atoms with E-state index < -0.39 is 22.9 Å². The Morgan fingerprint density at radius 1 is 0.846 bits per heavy atom. The van der Waals surface area contributed by atoms with Gasteiger partial charge in [0.1, 0.15) is 0 Å². The summed E-state index contributed by atoms with van der Waals surface area (Å²) in [6, 6.07) is 0. The van der Waals surface area contributed by atoms with Crippen LogP contribution in [0.4, 0.5) is 30.7 Å². The van der Waals surface area contributed by atoms with E-state index >= 15 is 0 Å². The van der Waals surface area contributed by atoms with Gasteiger partial charge >= 0.3 is 17.5 Å². The minimum Gasteiger partial charge on any atom is -0.194 e. The summed E-state index contributed by atoms with van der Waals surface area (Å²) < 4.78 is 81.8. The van der Waals surface area contributed by atoms with Crippen LogP contribution in [0.15, 0.2) is 0 Å². The highest BCUT2D eigenvalue weighted by molar-refractivity contribution is 6.31. The number of halogens is 9. The minimum absolute atomic E-state index is 3.83. The van der Waals surface area contributed by atoms with Gasteiger partial charge in [0.05, 0.1) is 0 Å². The van der Waals surface area contributed by atoms with Gasteiger partial charge in [-0.05, 0) is 11.6 Å². The van der Waals surface area contributed by atoms with Gasteiger partial charge in [-0.25, -0.2) is 0 Å². The molecule has 1 atom stereocenters. The van der Waals surface area contributed by atoms with E-state index in [0.29, 0.717) is 0 Å². The van der Waals surface area contributed by atoms with Crippen LogP contribution in [0.25, 0.3) is 0 Å². The summed E-state index contributed by atoms with van der Waals surface area (Å²) in [6.07, 6.45) is -6.16. The number of rotatable bonds is 2. The molecule has 0 saturated carbocycles. The summed E-state index contributed by atoms with van der Waals surface area (Å²) in [5.74, 6) is -5.74. The highest BCUT2D eigenvalue weighted by atomic mass is 35.5. The maximum Gasteiger partial charge on any atom is 0.455 e. The van der Waals surface area contributed by atoms with Crippen LogP contribution in [0.3, 0.4) is 0 Å². The molecule has 9 heteroatoms. The monoisotopic (exact) mass is 252 g/mol. The van der Waals surface area contributed by atoms with Gasteiger partial charge in [-0.3, -0.25) is 0 Å². The first kappa shape index (κ1) is 13.1. The van der Waals surface area contributed by atoms with E-state index in [4.69, 9.17) is 0 Å². The van der Waals surface area contributed by atoms with E-state index in [9.17, 15) is 30.7 Å². The molecule has 1 unspecified atom stereocenters. The van der Waals surface area contributed by atoms with Crippen LogP contribution in [0, 0.1) is 0 Å². The molecule has 0 aliphatic heterocycles. The first-order chi connectivity index (χ1) is 5.40. The molecular formula is C4HCl2F7. The fourth-order valence-corrected chi connectivity index (χ4v) is 0.610. The lowest BCUT2D eigenvalue weighted by Crippen LogP contribution is -2.50. The summed E-state index contributed by atoms with van der Waals surface area (Å²) in [7, 11) is 0. The van der Waals surface area contributed by atoms with Crippen LogP contribution < -0.4 is 0 Å². The third kappa shape index (κ3) is 2.77. The molecule has 0 amide bonds. The van der Waals surface area contributed by atoms with Gasteiger partial charge in [0.25, 0.3) is 0 Å². The maximum atomic E-state index is 12.0. The van der Waals surface area contributed by atoms with Crippen molar-refractivity contribution in [2.24, 2.45) is 0 Å². The van der Waals surface area contributed by atoms with Crippen LogP contribution in [-0.4, -0.2) is 22.9 Å². The zero-order chi connectivity index (χ0) is 11.1. The molecular weight excluding hydrogens is 252 g/mol. The van der Waals surface area contributed by atoms with E-state index in [1.165, 1.54) is 0 Å². The topological polar surface area (TPSA) is 0 Å². The Kier molecular flexibility index (Phi) is 3.37. The van der Waals surface area contributed by atoms with E-state index in [1.54, 1.807) is 0 Å². The van der Waals surface area contributed by atoms with Crippen molar-refractivity contribution in [3.63, 3.8) is 0 Å². The first-order valence-electron chi connectivity index (χ1n) is 2.56. The molecule has 0 aliphatic rings. The normalized spacial score (nSPS) is 17.3. The van der Waals surface area contributed by atoms with E-state index in [2.05, 4.69) is 23.2 Å². The van der Waals surface area contributed by atoms with Crippen LogP contribution in [0.1, 0.15) is 0 Å². The maximum absolute atomic E-state index is 12.0. The number of hydrogen-bond acceptors (Lipinski definition) is 0. The summed E-state index contributed by atoms with van der Waals surface area (Å²) in [5, 5.41) is -8.66. The average Bonchev–Trinajstić information content (AvgIpc) is 1.81. The fourth-order valence-electron chi connectivity index (χ4n) is 0.349. The van der Waals surface area contributed by atoms with Gasteiger partial charge in [0.2, 0.25) is 0 Å². The predicted octanol–water partition coefficient (Wildman–Crippen LogP) is 3.62. The Morgan fingerprint density at radius 2 is 1.15 bits per heavy atom. The number of hydrogen-bond donors (Lipinski definition) is 0. The summed E-state index contributed by atoms with van der Waals surface area (Å²) in [5.41, 5.74) is 0. The molecule has 0 saturated heterocycles. The molecule has 0 fully saturated rings. The largest absolute Gasteiger partial charge is 0.455 e. The van der Waals surface area contributed by atoms with Gasteiger partial charge in [-0.15, -0.1) is 11.6 Å². The third-order valence-corrected chi connectivity index (χ3v) is 1.86. The molecule has 0 rings (SSSR count). The van der Waals surface area contributed by atoms with Crippen molar-refractivity contribution < 1.29 is 30.7 Å². The van der Waals surface area contributed by atoms with Gasteiger partial charge in [0.15, 0.2) is 5.38 Å². The van der Waals surface area contributed by atoms with E-state index in [0.717, 1.165) is 0 Å². The molecule has 0 aromatic rings. The Labute approximate surface area is 77.6 Å². The van der Waals surface area contributed by atoms with Gasteiger partial charge < -0.3 is 0 Å². The van der Waals surface area contributed by atoms with Crippen LogP contribution >= 0.6 is 23.2 Å². The van der Waals surface area contributed by atoms with Crippen LogP contribution in [-0.2, 0) is 0 Å². The van der Waals surface area contributed by atoms with E-state index in [-0.39, 0.29) is 0 Å². The highest BCUT2D eigenvalue weighted by Gasteiger charge is 2.68. The average molecular weight is 253 g/mol. The molecule has 0 bridgehead atoms. The first-order valence-corrected chi connectivity index (χ1v) is 3.37. The van der Waals surface area contributed by atoms with Crippen molar-refractivity contribution in [2.75, 3.05) is 0 Å². The SMILES string of the molecule is FC(F)(Cl)C(Cl)C(F)(F)C(F)(F)F. The Balaban J connectivity index is 4.86. The molecule has 0 spiro atoms. The molecule has 0 N–H and O–H groups in total. The highest BCUT2D eigenvalue weighted by Crippen LogP contribution is 2.46. The number of alkyl halides is 9. The third-order valence-electron chi connectivity index (χ3n) is 0.984. The second kappa shape index (κ2) is 3.34. The van der Waals surface area contributed by atoms with Crippen molar-refractivity contribution >= 4 is 23.2 Å². The zero-order valence-corrected chi connectivity index (χ0v) is 6.99. The van der Waals surface area contributed by atoms with Crippen molar-refractivity contribution in [3.05, 3.63) is 0 Å². The van der Waals surface area contributed by atoms with Crippen LogP contribution in [0.2, 0.25) is 0 Å². The molecule has 0 radical (unpaired) electrons. The second-order valence-electron chi connectivity index (χ2n) is 2.02. The van der Waals surface area contributed by atoms with E-state index in [1.807, 2.05) is 0 Å². The lowest BCUT2D eigenvalue weighted by molar-refractivity contribution is -0.292. The fraction of sp³-hybridized carbons (Fsp3) is 1.00. The molecule has 13 heavy (non-hydrogen) atoms. The van der Waals surface area contributed by atoms with Crippen molar-refractivity contribution in [1.82, 2.24) is 0 Å². The minimum atomic E-state index is -6.16. The molecule has 0 heterocycles. The summed E-state index contributed by atoms with van der Waals surface area (Å²) in [4.78, 5) is 0. The smallest absolute Gasteiger partial charge is 0.194 e. The second-order valence-corrected chi connectivity index (χ2v) is 2.97. The zero-order valence-electron chi connectivity index (χ0n) is 5.48. The Hall–Kier alpha value is 0.0900. The van der Waals surface area contributed by atoms with Crippen LogP contribution in [0.5, 0.6) is 0 Å². The van der Waals surface area contributed by atoms with Crippen molar-refractivity contribution in [3.8, 4) is 0 Å². The summed E-state index contributed by atoms with van der Waals surface area (Å²) in [6.45, 7) is 0. The Bertz CT molecular complexity index is 180. The predicted molar refractivity (Wildman–Crippen MR) is 31.4 cm³/mol. The molecule has 80 valence electrons. The van der Waals surface area contributed by atoms with Gasteiger partial charge in [0, 0.05) is 0 Å². The lowest BCUT2D eigenvalue weighted by Gasteiger charge is -2.26. The summed E-state index contributed by atoms with van der Waals surface area (Å²) >= 11 is 8.11. The van der Waals surface area contributed by atoms with Crippen molar-refractivity contribution in [1.29, 1.82) is 0 Å².